The van der Waals surface area contributed by atoms with Gasteiger partial charge in [-0.25, -0.2) is 0 Å². The van der Waals surface area contributed by atoms with E-state index < -0.39 is 11.8 Å². The fraction of sp³-hybridized carbons (Fsp3) is 0.333. The molecule has 1 atom stereocenters. The zero-order valence-corrected chi connectivity index (χ0v) is 12.2. The number of amides is 2. The van der Waals surface area contributed by atoms with Crippen LogP contribution < -0.4 is 15.4 Å². The van der Waals surface area contributed by atoms with Gasteiger partial charge in [0, 0.05) is 20.2 Å². The summed E-state index contributed by atoms with van der Waals surface area (Å²) in [7, 11) is 3.11. The molecule has 0 bridgehead atoms. The molecule has 1 unspecified atom stereocenters. The normalized spacial score (nSPS) is 11.3. The molecule has 0 aromatic heterocycles. The molecule has 2 amide bonds. The minimum absolute atomic E-state index is 0.185. The van der Waals surface area contributed by atoms with Gasteiger partial charge in [-0.3, -0.25) is 9.59 Å². The van der Waals surface area contributed by atoms with E-state index >= 15 is 0 Å². The Bertz CT molecular complexity index is 502. The number of carbonyl (C=O) groups is 2. The maximum Gasteiger partial charge on any atom is 0.309 e. The fourth-order valence-electron chi connectivity index (χ4n) is 1.69. The van der Waals surface area contributed by atoms with Crippen LogP contribution in [0.4, 0.5) is 0 Å². The summed E-state index contributed by atoms with van der Waals surface area (Å²) in [6, 6.07) is 7.33. The van der Waals surface area contributed by atoms with Crippen LogP contribution in [-0.4, -0.2) is 39.1 Å². The van der Waals surface area contributed by atoms with Crippen LogP contribution in [0.1, 0.15) is 11.7 Å². The number of carbonyl (C=O) groups excluding carboxylic acids is 2. The first-order valence-corrected chi connectivity index (χ1v) is 6.46. The molecular formula is C15H20N2O4. The van der Waals surface area contributed by atoms with Crippen LogP contribution in [0.2, 0.25) is 0 Å². The zero-order valence-electron chi connectivity index (χ0n) is 12.2. The largest absolute Gasteiger partial charge is 0.497 e. The Kier molecular flexibility index (Phi) is 6.97. The van der Waals surface area contributed by atoms with Crippen molar-refractivity contribution in [2.75, 3.05) is 27.3 Å². The molecule has 114 valence electrons. The number of benzene rings is 1. The third kappa shape index (κ3) is 5.27. The summed E-state index contributed by atoms with van der Waals surface area (Å²) in [5.74, 6) is -0.707. The van der Waals surface area contributed by atoms with Gasteiger partial charge < -0.3 is 20.1 Å². The van der Waals surface area contributed by atoms with Gasteiger partial charge in [0.2, 0.25) is 0 Å². The number of hydrogen-bond donors (Lipinski definition) is 2. The van der Waals surface area contributed by atoms with Gasteiger partial charge in [0.15, 0.2) is 0 Å². The van der Waals surface area contributed by atoms with E-state index in [-0.39, 0.29) is 19.2 Å². The van der Waals surface area contributed by atoms with Crippen LogP contribution in [0, 0.1) is 0 Å². The fourth-order valence-corrected chi connectivity index (χ4v) is 1.69. The number of ether oxygens (including phenoxy) is 2. The molecule has 1 aromatic carbocycles. The van der Waals surface area contributed by atoms with Crippen LogP contribution in [0.5, 0.6) is 5.75 Å². The highest BCUT2D eigenvalue weighted by Crippen LogP contribution is 2.20. The molecule has 0 aliphatic carbocycles. The van der Waals surface area contributed by atoms with E-state index in [0.717, 1.165) is 5.56 Å². The SMILES string of the molecule is C=CCNC(=O)C(=O)NCC(OC)c1cccc(OC)c1. The number of methoxy groups -OCH3 is 2. The Morgan fingerprint density at radius 2 is 2.00 bits per heavy atom. The van der Waals surface area contributed by atoms with Crippen molar-refractivity contribution in [3.05, 3.63) is 42.5 Å². The maximum absolute atomic E-state index is 11.6. The number of hydrogen-bond acceptors (Lipinski definition) is 4. The lowest BCUT2D eigenvalue weighted by Gasteiger charge is -2.17. The second kappa shape index (κ2) is 8.76. The van der Waals surface area contributed by atoms with Crippen molar-refractivity contribution in [2.45, 2.75) is 6.10 Å². The molecule has 0 saturated heterocycles. The van der Waals surface area contributed by atoms with Gasteiger partial charge in [0.25, 0.3) is 0 Å². The molecule has 6 heteroatoms. The first-order chi connectivity index (χ1) is 10.1. The monoisotopic (exact) mass is 292 g/mol. The van der Waals surface area contributed by atoms with Crippen LogP contribution >= 0.6 is 0 Å². The topological polar surface area (TPSA) is 76.7 Å². The lowest BCUT2D eigenvalue weighted by Crippen LogP contribution is -2.41. The third-order valence-corrected chi connectivity index (χ3v) is 2.81. The Morgan fingerprint density at radius 1 is 1.29 bits per heavy atom. The molecular weight excluding hydrogens is 272 g/mol. The van der Waals surface area contributed by atoms with E-state index in [9.17, 15) is 9.59 Å². The van der Waals surface area contributed by atoms with Crippen molar-refractivity contribution in [1.82, 2.24) is 10.6 Å². The van der Waals surface area contributed by atoms with Crippen molar-refractivity contribution in [3.8, 4) is 5.75 Å². The minimum Gasteiger partial charge on any atom is -0.497 e. The van der Waals surface area contributed by atoms with Crippen molar-refractivity contribution < 1.29 is 19.1 Å². The molecule has 1 aromatic rings. The first-order valence-electron chi connectivity index (χ1n) is 6.46. The van der Waals surface area contributed by atoms with Gasteiger partial charge in [0.1, 0.15) is 5.75 Å². The van der Waals surface area contributed by atoms with E-state index in [2.05, 4.69) is 17.2 Å². The zero-order chi connectivity index (χ0) is 15.7. The minimum atomic E-state index is -0.707. The van der Waals surface area contributed by atoms with Crippen molar-refractivity contribution >= 4 is 11.8 Å². The third-order valence-electron chi connectivity index (χ3n) is 2.81. The lowest BCUT2D eigenvalue weighted by molar-refractivity contribution is -0.139. The molecule has 6 nitrogen and oxygen atoms in total. The van der Waals surface area contributed by atoms with Gasteiger partial charge in [-0.05, 0) is 17.7 Å². The second-order valence-electron chi connectivity index (χ2n) is 4.21. The average Bonchev–Trinajstić information content (AvgIpc) is 2.53. The Morgan fingerprint density at radius 3 is 2.62 bits per heavy atom. The van der Waals surface area contributed by atoms with Gasteiger partial charge in [-0.2, -0.15) is 0 Å². The molecule has 2 N–H and O–H groups in total. The second-order valence-corrected chi connectivity index (χ2v) is 4.21. The first kappa shape index (κ1) is 16.7. The average molecular weight is 292 g/mol. The quantitative estimate of drug-likeness (QED) is 0.576. The Labute approximate surface area is 124 Å². The summed E-state index contributed by atoms with van der Waals surface area (Å²) in [6.45, 7) is 3.89. The van der Waals surface area contributed by atoms with Gasteiger partial charge in [-0.1, -0.05) is 18.2 Å². The van der Waals surface area contributed by atoms with Gasteiger partial charge in [0.05, 0.1) is 13.2 Å². The highest BCUT2D eigenvalue weighted by Gasteiger charge is 2.16. The number of rotatable bonds is 7. The predicted molar refractivity (Wildman–Crippen MR) is 79.0 cm³/mol. The molecule has 0 aliphatic heterocycles. The summed E-state index contributed by atoms with van der Waals surface area (Å²) >= 11 is 0. The van der Waals surface area contributed by atoms with Crippen molar-refractivity contribution in [1.29, 1.82) is 0 Å². The molecule has 0 fully saturated rings. The molecule has 0 radical (unpaired) electrons. The molecule has 0 spiro atoms. The summed E-state index contributed by atoms with van der Waals surface area (Å²) in [4.78, 5) is 23.0. The van der Waals surface area contributed by atoms with E-state index in [1.54, 1.807) is 7.11 Å². The number of nitrogens with one attached hydrogen (secondary N) is 2. The lowest BCUT2D eigenvalue weighted by atomic mass is 10.1. The molecule has 0 heterocycles. The highest BCUT2D eigenvalue weighted by molar-refractivity contribution is 6.35. The Balaban J connectivity index is 2.59. The summed E-state index contributed by atoms with van der Waals surface area (Å²) in [5, 5.41) is 4.93. The van der Waals surface area contributed by atoms with Crippen molar-refractivity contribution in [2.24, 2.45) is 0 Å². The van der Waals surface area contributed by atoms with Crippen LogP contribution in [-0.2, 0) is 14.3 Å². The van der Waals surface area contributed by atoms with Crippen LogP contribution in [0.15, 0.2) is 36.9 Å². The van der Waals surface area contributed by atoms with E-state index in [4.69, 9.17) is 9.47 Å². The van der Waals surface area contributed by atoms with Gasteiger partial charge in [-0.15, -0.1) is 6.58 Å². The van der Waals surface area contributed by atoms with Crippen LogP contribution in [0.25, 0.3) is 0 Å². The van der Waals surface area contributed by atoms with E-state index in [1.807, 2.05) is 24.3 Å². The molecule has 21 heavy (non-hydrogen) atoms. The van der Waals surface area contributed by atoms with E-state index in [0.29, 0.717) is 5.75 Å². The molecule has 0 saturated carbocycles. The molecule has 1 rings (SSSR count). The summed E-state index contributed by atoms with van der Waals surface area (Å²) in [6.07, 6.45) is 1.13. The standard InChI is InChI=1S/C15H20N2O4/c1-4-8-16-14(18)15(19)17-10-13(21-3)11-6-5-7-12(9-11)20-2/h4-7,9,13H,1,8,10H2,2-3H3,(H,16,18)(H,17,19). The smallest absolute Gasteiger partial charge is 0.309 e. The summed E-state index contributed by atoms with van der Waals surface area (Å²) in [5.41, 5.74) is 0.851. The maximum atomic E-state index is 11.6. The van der Waals surface area contributed by atoms with Crippen LogP contribution in [0.3, 0.4) is 0 Å². The molecule has 0 aliphatic rings. The predicted octanol–water partition coefficient (Wildman–Crippen LogP) is 0.801. The van der Waals surface area contributed by atoms with E-state index in [1.165, 1.54) is 13.2 Å². The summed E-state index contributed by atoms with van der Waals surface area (Å²) < 4.78 is 10.5. The Hall–Kier alpha value is -2.34. The van der Waals surface area contributed by atoms with Gasteiger partial charge >= 0.3 is 11.8 Å². The van der Waals surface area contributed by atoms with Crippen molar-refractivity contribution in [3.63, 3.8) is 0 Å². The highest BCUT2D eigenvalue weighted by atomic mass is 16.5.